The predicted molar refractivity (Wildman–Crippen MR) is 65.6 cm³/mol. The van der Waals surface area contributed by atoms with E-state index in [0.29, 0.717) is 0 Å². The predicted octanol–water partition coefficient (Wildman–Crippen LogP) is 3.73. The normalized spacial score (nSPS) is 12.7. The Morgan fingerprint density at radius 1 is 1.44 bits per heavy atom. The summed E-state index contributed by atoms with van der Waals surface area (Å²) in [6.45, 7) is 0. The van der Waals surface area contributed by atoms with Crippen molar-refractivity contribution in [3.8, 4) is 0 Å². The molecule has 2 N–H and O–H groups in total. The van der Waals surface area contributed by atoms with Gasteiger partial charge in [-0.25, -0.2) is 0 Å². The Bertz CT molecular complexity index is 442. The Morgan fingerprint density at radius 2 is 2.00 bits per heavy atom. The van der Waals surface area contributed by atoms with Gasteiger partial charge in [-0.2, -0.15) is 13.2 Å². The van der Waals surface area contributed by atoms with Gasteiger partial charge in [-0.05, 0) is 27.6 Å². The van der Waals surface area contributed by atoms with E-state index in [0.717, 1.165) is 6.07 Å². The minimum absolute atomic E-state index is 0. The van der Waals surface area contributed by atoms with Gasteiger partial charge < -0.3 is 5.73 Å². The molecule has 1 atom stereocenters. The minimum Gasteiger partial charge on any atom is -0.324 e. The van der Waals surface area contributed by atoms with Crippen LogP contribution >= 0.6 is 28.3 Å². The highest BCUT2D eigenvalue weighted by molar-refractivity contribution is 9.10. The molecule has 0 radical (unpaired) electrons. The number of halogens is 5. The Morgan fingerprint density at radius 3 is 2.44 bits per heavy atom. The second-order valence-electron chi connectivity index (χ2n) is 3.39. The van der Waals surface area contributed by atoms with Gasteiger partial charge in [0.05, 0.1) is 15.8 Å². The fourth-order valence-corrected chi connectivity index (χ4v) is 1.66. The van der Waals surface area contributed by atoms with Crippen LogP contribution in [0.5, 0.6) is 0 Å². The summed E-state index contributed by atoms with van der Waals surface area (Å²) in [5, 5.41) is 10.6. The number of nitro groups is 1. The first kappa shape index (κ1) is 17.1. The number of nitrogens with zero attached hydrogens (tertiary/aromatic N) is 1. The van der Waals surface area contributed by atoms with Crippen molar-refractivity contribution in [1.29, 1.82) is 0 Å². The van der Waals surface area contributed by atoms with Crippen molar-refractivity contribution in [2.24, 2.45) is 5.73 Å². The standard InChI is InChI=1S/C9H8BrF3N2O2.ClH/c10-6-2-1-5(3-8(6)15(16)17)7(14)4-9(11,12)13;/h1-3,7H,4,14H2;1H/t7-;/m0./s1. The van der Waals surface area contributed by atoms with Crippen LogP contribution in [0.3, 0.4) is 0 Å². The van der Waals surface area contributed by atoms with Gasteiger partial charge in [-0.3, -0.25) is 10.1 Å². The van der Waals surface area contributed by atoms with Crippen LogP contribution in [0.1, 0.15) is 18.0 Å². The SMILES string of the molecule is Cl.N[C@@H](CC(F)(F)F)c1ccc(Br)c([N+](=O)[O-])c1. The number of nitrogens with two attached hydrogens (primary N) is 1. The molecule has 4 nitrogen and oxygen atoms in total. The Labute approximate surface area is 115 Å². The first-order chi connectivity index (χ1) is 7.70. The highest BCUT2D eigenvalue weighted by atomic mass is 79.9. The molecular weight excluding hydrogens is 340 g/mol. The molecule has 9 heteroatoms. The summed E-state index contributed by atoms with van der Waals surface area (Å²) in [4.78, 5) is 9.91. The lowest BCUT2D eigenvalue weighted by atomic mass is 10.0. The second-order valence-corrected chi connectivity index (χ2v) is 4.25. The lowest BCUT2D eigenvalue weighted by Crippen LogP contribution is -2.20. The van der Waals surface area contributed by atoms with Gasteiger partial charge in [-0.15, -0.1) is 12.4 Å². The smallest absolute Gasteiger partial charge is 0.324 e. The summed E-state index contributed by atoms with van der Waals surface area (Å²) in [6.07, 6.45) is -5.62. The summed E-state index contributed by atoms with van der Waals surface area (Å²) < 4.78 is 36.5. The van der Waals surface area contributed by atoms with Crippen molar-refractivity contribution in [3.05, 3.63) is 38.3 Å². The van der Waals surface area contributed by atoms with Crippen LogP contribution in [0.4, 0.5) is 18.9 Å². The van der Waals surface area contributed by atoms with Crippen LogP contribution in [0.2, 0.25) is 0 Å². The van der Waals surface area contributed by atoms with Gasteiger partial charge in [0.1, 0.15) is 0 Å². The van der Waals surface area contributed by atoms with E-state index in [9.17, 15) is 23.3 Å². The zero-order valence-electron chi connectivity index (χ0n) is 8.78. The summed E-state index contributed by atoms with van der Waals surface area (Å²) in [7, 11) is 0. The summed E-state index contributed by atoms with van der Waals surface area (Å²) >= 11 is 2.94. The number of hydrogen-bond acceptors (Lipinski definition) is 3. The van der Waals surface area contributed by atoms with E-state index in [1.165, 1.54) is 12.1 Å². The number of hydrogen-bond donors (Lipinski definition) is 1. The molecular formula is C9H9BrClF3N2O2. The molecule has 1 aromatic carbocycles. The lowest BCUT2D eigenvalue weighted by molar-refractivity contribution is -0.385. The lowest BCUT2D eigenvalue weighted by Gasteiger charge is -2.14. The molecule has 0 aromatic heterocycles. The van der Waals surface area contributed by atoms with Crippen LogP contribution in [0.15, 0.2) is 22.7 Å². The fraction of sp³-hybridized carbons (Fsp3) is 0.333. The molecule has 0 bridgehead atoms. The van der Waals surface area contributed by atoms with Crippen molar-refractivity contribution in [1.82, 2.24) is 0 Å². The maximum Gasteiger partial charge on any atom is 0.390 e. The van der Waals surface area contributed by atoms with Gasteiger partial charge in [0.25, 0.3) is 5.69 Å². The van der Waals surface area contributed by atoms with Gasteiger partial charge in [0.2, 0.25) is 0 Å². The van der Waals surface area contributed by atoms with Gasteiger partial charge in [-0.1, -0.05) is 6.07 Å². The third-order valence-corrected chi connectivity index (χ3v) is 2.72. The molecule has 0 aliphatic rings. The van der Waals surface area contributed by atoms with Crippen molar-refractivity contribution < 1.29 is 18.1 Å². The highest BCUT2D eigenvalue weighted by Gasteiger charge is 2.31. The maximum atomic E-state index is 12.1. The van der Waals surface area contributed by atoms with E-state index in [2.05, 4.69) is 15.9 Å². The van der Waals surface area contributed by atoms with Gasteiger partial charge >= 0.3 is 6.18 Å². The van der Waals surface area contributed by atoms with E-state index >= 15 is 0 Å². The molecule has 0 heterocycles. The quantitative estimate of drug-likeness (QED) is 0.668. The van der Waals surface area contributed by atoms with E-state index in [4.69, 9.17) is 5.73 Å². The zero-order valence-corrected chi connectivity index (χ0v) is 11.2. The average molecular weight is 350 g/mol. The molecule has 0 fully saturated rings. The van der Waals surface area contributed by atoms with Crippen LogP contribution in [0.25, 0.3) is 0 Å². The highest BCUT2D eigenvalue weighted by Crippen LogP contribution is 2.32. The molecule has 0 aliphatic heterocycles. The van der Waals surface area contributed by atoms with Crippen molar-refractivity contribution in [2.75, 3.05) is 0 Å². The molecule has 0 unspecified atom stereocenters. The molecule has 0 saturated carbocycles. The first-order valence-corrected chi connectivity index (χ1v) is 5.26. The molecule has 0 aliphatic carbocycles. The summed E-state index contributed by atoms with van der Waals surface area (Å²) in [5.74, 6) is 0. The molecule has 18 heavy (non-hydrogen) atoms. The summed E-state index contributed by atoms with van der Waals surface area (Å²) in [6, 6.07) is 2.37. The van der Waals surface area contributed by atoms with Gasteiger partial charge in [0, 0.05) is 12.1 Å². The molecule has 1 aromatic rings. The van der Waals surface area contributed by atoms with Crippen LogP contribution in [-0.2, 0) is 0 Å². The third kappa shape index (κ3) is 4.79. The molecule has 102 valence electrons. The number of alkyl halides is 3. The zero-order chi connectivity index (χ0) is 13.2. The number of benzene rings is 1. The van der Waals surface area contributed by atoms with Crippen LogP contribution < -0.4 is 5.73 Å². The van der Waals surface area contributed by atoms with Crippen molar-refractivity contribution >= 4 is 34.0 Å². The monoisotopic (exact) mass is 348 g/mol. The molecule has 1 rings (SSSR count). The molecule has 0 saturated heterocycles. The number of nitro benzene ring substituents is 1. The molecule has 0 spiro atoms. The summed E-state index contributed by atoms with van der Waals surface area (Å²) in [5.41, 5.74) is 5.12. The van der Waals surface area contributed by atoms with E-state index in [-0.39, 0.29) is 28.1 Å². The van der Waals surface area contributed by atoms with Crippen LogP contribution in [0, 0.1) is 10.1 Å². The van der Waals surface area contributed by atoms with Crippen molar-refractivity contribution in [3.63, 3.8) is 0 Å². The fourth-order valence-electron chi connectivity index (χ4n) is 1.27. The third-order valence-electron chi connectivity index (χ3n) is 2.05. The number of rotatable bonds is 3. The Balaban J connectivity index is 0.00000289. The van der Waals surface area contributed by atoms with E-state index < -0.39 is 23.6 Å². The van der Waals surface area contributed by atoms with Crippen molar-refractivity contribution in [2.45, 2.75) is 18.6 Å². The Hall–Kier alpha value is -0.860. The topological polar surface area (TPSA) is 69.2 Å². The average Bonchev–Trinajstić information content (AvgIpc) is 2.14. The Kier molecular flexibility index (Phi) is 6.05. The second kappa shape index (κ2) is 6.35. The minimum atomic E-state index is -4.40. The maximum absolute atomic E-state index is 12.1. The van der Waals surface area contributed by atoms with E-state index in [1.807, 2.05) is 0 Å². The molecule has 0 amide bonds. The largest absolute Gasteiger partial charge is 0.390 e. The van der Waals surface area contributed by atoms with Crippen LogP contribution in [-0.4, -0.2) is 11.1 Å². The van der Waals surface area contributed by atoms with Gasteiger partial charge in [0.15, 0.2) is 0 Å². The first-order valence-electron chi connectivity index (χ1n) is 4.47. The van der Waals surface area contributed by atoms with E-state index in [1.54, 1.807) is 0 Å².